The molecule has 1 aliphatic rings. The molecule has 0 radical (unpaired) electrons. The lowest BCUT2D eigenvalue weighted by molar-refractivity contribution is 0.381. The van der Waals surface area contributed by atoms with E-state index in [1.807, 2.05) is 30.3 Å². The number of hydrogen-bond acceptors (Lipinski definition) is 1. The van der Waals surface area contributed by atoms with Crippen molar-refractivity contribution in [1.82, 2.24) is 5.32 Å². The summed E-state index contributed by atoms with van der Waals surface area (Å²) >= 11 is 0. The molecular formula is C16H21N. The molecule has 0 aromatic heterocycles. The summed E-state index contributed by atoms with van der Waals surface area (Å²) < 4.78 is 0. The third-order valence-corrected chi connectivity index (χ3v) is 3.92. The zero-order valence-corrected chi connectivity index (χ0v) is 10.7. The van der Waals surface area contributed by atoms with E-state index >= 15 is 0 Å². The zero-order chi connectivity index (χ0) is 12.1. The van der Waals surface area contributed by atoms with Gasteiger partial charge in [-0.25, -0.2) is 0 Å². The maximum atomic E-state index is 3.56. The molecular weight excluding hydrogens is 206 g/mol. The second-order valence-electron chi connectivity index (χ2n) is 5.07. The molecule has 3 atom stereocenters. The summed E-state index contributed by atoms with van der Waals surface area (Å²) in [5, 5.41) is 3.56. The summed E-state index contributed by atoms with van der Waals surface area (Å²) in [4.78, 5) is 0. The molecule has 17 heavy (non-hydrogen) atoms. The van der Waals surface area contributed by atoms with Crippen LogP contribution in [0.5, 0.6) is 0 Å². The molecule has 1 nitrogen and oxygen atoms in total. The molecule has 2 rings (SSSR count). The van der Waals surface area contributed by atoms with Gasteiger partial charge in [0.1, 0.15) is 0 Å². The van der Waals surface area contributed by atoms with Gasteiger partial charge in [-0.2, -0.15) is 0 Å². The second kappa shape index (κ2) is 5.89. The van der Waals surface area contributed by atoms with Crippen molar-refractivity contribution in [3.63, 3.8) is 0 Å². The zero-order valence-electron chi connectivity index (χ0n) is 10.7. The highest BCUT2D eigenvalue weighted by molar-refractivity contribution is 5.33. The Morgan fingerprint density at radius 3 is 2.59 bits per heavy atom. The van der Waals surface area contributed by atoms with Gasteiger partial charge in [-0.15, -0.1) is 0 Å². The summed E-state index contributed by atoms with van der Waals surface area (Å²) in [6.45, 7) is 5.50. The minimum absolute atomic E-state index is 0.662. The quantitative estimate of drug-likeness (QED) is 0.766. The Morgan fingerprint density at radius 1 is 1.18 bits per heavy atom. The second-order valence-corrected chi connectivity index (χ2v) is 5.07. The fraction of sp³-hybridized carbons (Fsp3) is 0.500. The molecule has 90 valence electrons. The first-order valence-corrected chi connectivity index (χ1v) is 6.54. The Hall–Kier alpha value is -1.26. The molecule has 1 N–H and O–H groups in total. The van der Waals surface area contributed by atoms with Crippen LogP contribution in [-0.2, 0) is 0 Å². The Kier molecular flexibility index (Phi) is 4.23. The summed E-state index contributed by atoms with van der Waals surface area (Å²) in [5.74, 6) is 8.03. The van der Waals surface area contributed by atoms with Crippen molar-refractivity contribution in [3.8, 4) is 11.8 Å². The topological polar surface area (TPSA) is 12.0 Å². The van der Waals surface area contributed by atoms with Crippen molar-refractivity contribution < 1.29 is 0 Å². The fourth-order valence-electron chi connectivity index (χ4n) is 2.50. The van der Waals surface area contributed by atoms with Gasteiger partial charge in [0.05, 0.1) is 6.54 Å². The molecule has 0 spiro atoms. The number of rotatable bonds is 2. The Labute approximate surface area is 105 Å². The van der Waals surface area contributed by atoms with Crippen molar-refractivity contribution in [2.45, 2.75) is 32.7 Å². The molecule has 0 aliphatic heterocycles. The average molecular weight is 227 g/mol. The van der Waals surface area contributed by atoms with Gasteiger partial charge in [-0.3, -0.25) is 0 Å². The average Bonchev–Trinajstić information content (AvgIpc) is 2.67. The summed E-state index contributed by atoms with van der Waals surface area (Å²) in [5.41, 5.74) is 1.10. The Bertz CT molecular complexity index is 399. The lowest BCUT2D eigenvalue weighted by Crippen LogP contribution is -2.32. The molecule has 0 amide bonds. The smallest absolute Gasteiger partial charge is 0.0582 e. The molecule has 1 aromatic carbocycles. The highest BCUT2D eigenvalue weighted by Gasteiger charge is 2.28. The Morgan fingerprint density at radius 2 is 1.94 bits per heavy atom. The fourth-order valence-corrected chi connectivity index (χ4v) is 2.50. The van der Waals surface area contributed by atoms with Crippen molar-refractivity contribution in [3.05, 3.63) is 35.9 Å². The maximum Gasteiger partial charge on any atom is 0.0582 e. The lowest BCUT2D eigenvalue weighted by atomic mass is 9.98. The lowest BCUT2D eigenvalue weighted by Gasteiger charge is -2.18. The van der Waals surface area contributed by atoms with E-state index in [-0.39, 0.29) is 0 Å². The van der Waals surface area contributed by atoms with Crippen LogP contribution < -0.4 is 5.32 Å². The summed E-state index contributed by atoms with van der Waals surface area (Å²) in [6.07, 6.45) is 2.65. The minimum Gasteiger partial charge on any atom is -0.303 e. The predicted molar refractivity (Wildman–Crippen MR) is 72.7 cm³/mol. The first-order chi connectivity index (χ1) is 8.27. The maximum absolute atomic E-state index is 3.56. The van der Waals surface area contributed by atoms with Gasteiger partial charge in [0.15, 0.2) is 0 Å². The van der Waals surface area contributed by atoms with Crippen LogP contribution in [0.3, 0.4) is 0 Å². The summed E-state index contributed by atoms with van der Waals surface area (Å²) in [7, 11) is 0. The first kappa shape index (κ1) is 12.2. The Balaban J connectivity index is 1.79. The molecule has 1 aliphatic carbocycles. The third-order valence-electron chi connectivity index (χ3n) is 3.92. The van der Waals surface area contributed by atoms with Crippen LogP contribution in [0.1, 0.15) is 32.3 Å². The van der Waals surface area contributed by atoms with Crippen LogP contribution in [0, 0.1) is 23.7 Å². The van der Waals surface area contributed by atoms with E-state index in [2.05, 4.69) is 31.0 Å². The number of hydrogen-bond donors (Lipinski definition) is 1. The van der Waals surface area contributed by atoms with E-state index in [0.717, 1.165) is 23.9 Å². The molecule has 1 fully saturated rings. The largest absolute Gasteiger partial charge is 0.303 e. The van der Waals surface area contributed by atoms with Gasteiger partial charge in [0, 0.05) is 11.6 Å². The molecule has 0 bridgehead atoms. The SMILES string of the molecule is CC1CCC(NCC#Cc2ccccc2)C1C. The highest BCUT2D eigenvalue weighted by atomic mass is 14.9. The number of benzene rings is 1. The van der Waals surface area contributed by atoms with Crippen LogP contribution in [0.2, 0.25) is 0 Å². The van der Waals surface area contributed by atoms with Crippen LogP contribution in [0.15, 0.2) is 30.3 Å². The van der Waals surface area contributed by atoms with Crippen LogP contribution >= 0.6 is 0 Å². The van der Waals surface area contributed by atoms with Gasteiger partial charge in [0.2, 0.25) is 0 Å². The predicted octanol–water partition coefficient (Wildman–Crippen LogP) is 3.06. The van der Waals surface area contributed by atoms with Gasteiger partial charge in [-0.05, 0) is 36.8 Å². The van der Waals surface area contributed by atoms with Crippen molar-refractivity contribution in [2.75, 3.05) is 6.54 Å². The van der Waals surface area contributed by atoms with E-state index in [4.69, 9.17) is 0 Å². The summed E-state index contributed by atoms with van der Waals surface area (Å²) in [6, 6.07) is 10.8. The monoisotopic (exact) mass is 227 g/mol. The molecule has 1 heteroatoms. The van der Waals surface area contributed by atoms with E-state index in [1.54, 1.807) is 0 Å². The molecule has 0 saturated heterocycles. The first-order valence-electron chi connectivity index (χ1n) is 6.54. The minimum atomic E-state index is 0.662. The van der Waals surface area contributed by atoms with Gasteiger partial charge >= 0.3 is 0 Å². The molecule has 3 unspecified atom stereocenters. The van der Waals surface area contributed by atoms with Crippen LogP contribution in [0.25, 0.3) is 0 Å². The van der Waals surface area contributed by atoms with Crippen LogP contribution in [-0.4, -0.2) is 12.6 Å². The highest BCUT2D eigenvalue weighted by Crippen LogP contribution is 2.30. The van der Waals surface area contributed by atoms with E-state index in [1.165, 1.54) is 12.8 Å². The standard InChI is InChI=1S/C16H21N/c1-13-10-11-16(14(13)2)17-12-6-9-15-7-4-3-5-8-15/h3-5,7-8,13-14,16-17H,10-12H2,1-2H3. The number of nitrogens with one attached hydrogen (secondary N) is 1. The van der Waals surface area contributed by atoms with Crippen molar-refractivity contribution >= 4 is 0 Å². The third kappa shape index (κ3) is 3.35. The van der Waals surface area contributed by atoms with E-state index in [0.29, 0.717) is 6.04 Å². The molecule has 0 heterocycles. The normalized spacial score (nSPS) is 27.5. The van der Waals surface area contributed by atoms with Gasteiger partial charge < -0.3 is 5.32 Å². The van der Waals surface area contributed by atoms with Crippen molar-refractivity contribution in [2.24, 2.45) is 11.8 Å². The van der Waals surface area contributed by atoms with Gasteiger partial charge in [0.25, 0.3) is 0 Å². The van der Waals surface area contributed by atoms with Crippen LogP contribution in [0.4, 0.5) is 0 Å². The van der Waals surface area contributed by atoms with E-state index in [9.17, 15) is 0 Å². The van der Waals surface area contributed by atoms with Gasteiger partial charge in [-0.1, -0.05) is 43.9 Å². The molecule has 1 saturated carbocycles. The van der Waals surface area contributed by atoms with E-state index < -0.39 is 0 Å². The molecule has 1 aromatic rings. The van der Waals surface area contributed by atoms with Crippen molar-refractivity contribution in [1.29, 1.82) is 0 Å².